The van der Waals surface area contributed by atoms with Crippen molar-refractivity contribution in [2.24, 2.45) is 10.2 Å². The number of hydrogen-bond acceptors (Lipinski definition) is 18. The fourth-order valence-electron chi connectivity index (χ4n) is 4.12. The molecule has 1 aromatic heterocycles. The van der Waals surface area contributed by atoms with Gasteiger partial charge < -0.3 is 14.6 Å². The highest BCUT2D eigenvalue weighted by Crippen LogP contribution is 2.34. The highest BCUT2D eigenvalue weighted by Gasteiger charge is 2.18. The van der Waals surface area contributed by atoms with Crippen LogP contribution in [0.25, 0.3) is 10.8 Å². The molecule has 0 bridgehead atoms. The molecule has 0 unspecified atom stereocenters. The van der Waals surface area contributed by atoms with Gasteiger partial charge in [0, 0.05) is 23.0 Å². The van der Waals surface area contributed by atoms with E-state index in [4.69, 9.17) is 13.8 Å². The van der Waals surface area contributed by atoms with E-state index < -0.39 is 61.8 Å². The summed E-state index contributed by atoms with van der Waals surface area (Å²) in [5, 5.41) is 11.5. The molecule has 51 heavy (non-hydrogen) atoms. The van der Waals surface area contributed by atoms with Crippen molar-refractivity contribution in [3.8, 4) is 5.75 Å². The van der Waals surface area contributed by atoms with Crippen LogP contribution < -0.4 is 10.1 Å². The predicted octanol–water partition coefficient (Wildman–Crippen LogP) is 4.08. The zero-order valence-corrected chi connectivity index (χ0v) is 30.9. The van der Waals surface area contributed by atoms with Gasteiger partial charge in [-0.15, -0.1) is 0 Å². The Kier molecular flexibility index (Phi) is 13.0. The number of anilines is 2. The Morgan fingerprint density at radius 1 is 0.765 bits per heavy atom. The van der Waals surface area contributed by atoms with Crippen molar-refractivity contribution in [3.05, 3.63) is 48.5 Å². The monoisotopic (exact) mass is 823 g/mol. The molecule has 0 fully saturated rings. The van der Waals surface area contributed by atoms with E-state index in [2.05, 4.69) is 30.5 Å². The van der Waals surface area contributed by atoms with E-state index in [1.54, 1.807) is 6.07 Å². The maximum Gasteiger partial charge on any atom is 0.294 e. The molecule has 0 aliphatic carbocycles. The minimum absolute atomic E-state index is 0.0354. The van der Waals surface area contributed by atoms with Crippen molar-refractivity contribution in [3.63, 3.8) is 0 Å². The maximum atomic E-state index is 11.9. The molecule has 4 aromatic rings. The van der Waals surface area contributed by atoms with Gasteiger partial charge >= 0.3 is 0 Å². The number of rotatable bonds is 17. The number of aromatic nitrogens is 3. The van der Waals surface area contributed by atoms with E-state index >= 15 is 0 Å². The molecule has 4 N–H and O–H groups in total. The van der Waals surface area contributed by atoms with Gasteiger partial charge in [0.1, 0.15) is 15.9 Å². The molecular formula is C26H27N6O13S6-. The van der Waals surface area contributed by atoms with Crippen LogP contribution in [-0.4, -0.2) is 97.0 Å². The Morgan fingerprint density at radius 3 is 1.82 bits per heavy atom. The summed E-state index contributed by atoms with van der Waals surface area (Å²) in [7, 11) is -16.9. The number of thioether (sulfide) groups is 2. The van der Waals surface area contributed by atoms with Crippen molar-refractivity contribution in [1.82, 2.24) is 15.0 Å². The van der Waals surface area contributed by atoms with Crippen LogP contribution in [0.15, 0.2) is 78.9 Å². The van der Waals surface area contributed by atoms with Crippen LogP contribution in [0.3, 0.4) is 0 Å². The smallest absolute Gasteiger partial charge is 0.294 e. The maximum absolute atomic E-state index is 11.9. The highest BCUT2D eigenvalue weighted by atomic mass is 32.2. The van der Waals surface area contributed by atoms with E-state index in [1.165, 1.54) is 37.4 Å². The lowest BCUT2D eigenvalue weighted by Gasteiger charge is -2.13. The fraction of sp³-hybridized carbons (Fsp3) is 0.269. The van der Waals surface area contributed by atoms with Crippen molar-refractivity contribution in [2.45, 2.75) is 32.9 Å². The Labute approximate surface area is 300 Å². The van der Waals surface area contributed by atoms with Gasteiger partial charge in [-0.2, -0.15) is 50.4 Å². The van der Waals surface area contributed by atoms with E-state index in [-0.39, 0.29) is 68.5 Å². The second kappa shape index (κ2) is 16.4. The van der Waals surface area contributed by atoms with Gasteiger partial charge in [0.2, 0.25) is 5.95 Å². The Bertz CT molecular complexity index is 2350. The van der Waals surface area contributed by atoms with Gasteiger partial charge in [-0.1, -0.05) is 29.6 Å². The van der Waals surface area contributed by atoms with Crippen LogP contribution in [0.2, 0.25) is 0 Å². The van der Waals surface area contributed by atoms with Gasteiger partial charge in [-0.25, -0.2) is 8.42 Å². The minimum atomic E-state index is -5.16. The number of nitrogens with one attached hydrogen (secondary N) is 1. The lowest BCUT2D eigenvalue weighted by molar-refractivity contribution is 0.417. The number of hydrogen-bond donors (Lipinski definition) is 4. The molecule has 25 heteroatoms. The molecule has 3 aromatic carbocycles. The third kappa shape index (κ3) is 12.6. The summed E-state index contributed by atoms with van der Waals surface area (Å²) < 4.78 is 136. The molecule has 0 aliphatic rings. The summed E-state index contributed by atoms with van der Waals surface area (Å²) in [5.74, 6) is -0.171. The predicted molar refractivity (Wildman–Crippen MR) is 186 cm³/mol. The van der Waals surface area contributed by atoms with Gasteiger partial charge in [0.25, 0.3) is 30.4 Å². The third-order valence-electron chi connectivity index (χ3n) is 6.30. The lowest BCUT2D eigenvalue weighted by atomic mass is 10.1. The second-order valence-corrected chi connectivity index (χ2v) is 18.2. The number of methoxy groups -OCH3 is 1. The van der Waals surface area contributed by atoms with Crippen molar-refractivity contribution >= 4 is 97.8 Å². The summed E-state index contributed by atoms with van der Waals surface area (Å²) in [6, 6.07) is 10.0. The minimum Gasteiger partial charge on any atom is -0.744 e. The molecular weight excluding hydrogens is 797 g/mol. The summed E-state index contributed by atoms with van der Waals surface area (Å²) >= 11 is 2.18. The summed E-state index contributed by atoms with van der Waals surface area (Å²) in [6.07, 6.45) is 0.206. The average Bonchev–Trinajstić information content (AvgIpc) is 3.02. The van der Waals surface area contributed by atoms with Crippen LogP contribution >= 0.6 is 23.5 Å². The first-order valence-corrected chi connectivity index (χ1v) is 22.0. The first-order chi connectivity index (χ1) is 23.7. The van der Waals surface area contributed by atoms with Gasteiger partial charge in [0.05, 0.1) is 45.5 Å². The Morgan fingerprint density at radius 2 is 1.31 bits per heavy atom. The number of fused-ring (bicyclic) bond motifs is 1. The van der Waals surface area contributed by atoms with E-state index in [9.17, 15) is 42.8 Å². The molecule has 0 amide bonds. The van der Waals surface area contributed by atoms with Gasteiger partial charge in [0.15, 0.2) is 10.3 Å². The molecule has 0 atom stereocenters. The molecule has 4 rings (SSSR count). The zero-order chi connectivity index (χ0) is 37.6. The van der Waals surface area contributed by atoms with Crippen molar-refractivity contribution in [2.75, 3.05) is 35.4 Å². The molecule has 0 aliphatic heterocycles. The second-order valence-electron chi connectivity index (χ2n) is 10.2. The third-order valence-corrected chi connectivity index (χ3v) is 11.5. The SMILES string of the molecule is COc1cc(N=Nc2ccc3cc(S(=O)(=O)O)cc(S(=O)(=O)[O-])c3c2)ccc1Nc1nc(SCCCS(=O)(=O)O)nc(SCCCS(=O)(=O)O)n1. The van der Waals surface area contributed by atoms with E-state index in [0.717, 1.165) is 29.6 Å². The summed E-state index contributed by atoms with van der Waals surface area (Å²) in [6.45, 7) is 0. The molecule has 1 heterocycles. The lowest BCUT2D eigenvalue weighted by Crippen LogP contribution is -2.07. The van der Waals surface area contributed by atoms with Gasteiger partial charge in [-0.3, -0.25) is 13.7 Å². The number of ether oxygens (including phenoxy) is 1. The quantitative estimate of drug-likeness (QED) is 0.0504. The number of azo groups is 1. The van der Waals surface area contributed by atoms with Crippen LogP contribution in [0.5, 0.6) is 5.75 Å². The molecule has 0 radical (unpaired) electrons. The van der Waals surface area contributed by atoms with Gasteiger partial charge in [-0.05, 0) is 54.6 Å². The van der Waals surface area contributed by atoms with E-state index in [1.807, 2.05) is 0 Å². The molecule has 0 saturated carbocycles. The van der Waals surface area contributed by atoms with Crippen LogP contribution in [0, 0.1) is 0 Å². The fourth-order valence-corrected chi connectivity index (χ4v) is 8.44. The zero-order valence-electron chi connectivity index (χ0n) is 26.0. The first-order valence-electron chi connectivity index (χ1n) is 14.0. The van der Waals surface area contributed by atoms with Crippen molar-refractivity contribution < 1.29 is 56.6 Å². The standard InChI is InChI=1S/C26H28N6O13S6/c1-45-22-14-18(32-31-17-5-4-16-12-19(50(39,40)41)15-23(20(16)13-17)51(42,43)44)6-7-21(22)27-24-28-25(46-8-2-10-48(33,34)35)30-26(29-24)47-9-3-11-49(36,37)38/h4-7,12-15H,2-3,8-11H2,1H3,(H,33,34,35)(H,36,37,38)(H,39,40,41)(H,42,43,44)(H,27,28,29,30)/p-1. The van der Waals surface area contributed by atoms with E-state index in [0.29, 0.717) is 11.8 Å². The molecule has 0 spiro atoms. The van der Waals surface area contributed by atoms with Crippen LogP contribution in [0.4, 0.5) is 23.0 Å². The topological polar surface area (TPSA) is 305 Å². The normalized spacial score (nSPS) is 12.8. The largest absolute Gasteiger partial charge is 0.744 e. The highest BCUT2D eigenvalue weighted by molar-refractivity contribution is 7.99. The van der Waals surface area contributed by atoms with Crippen molar-refractivity contribution in [1.29, 1.82) is 0 Å². The molecule has 19 nitrogen and oxygen atoms in total. The Balaban J connectivity index is 1.58. The van der Waals surface area contributed by atoms with Crippen LogP contribution in [-0.2, 0) is 40.5 Å². The molecule has 0 saturated heterocycles. The summed E-state index contributed by atoms with van der Waals surface area (Å²) in [5.41, 5.74) is 0.719. The number of nitrogens with zero attached hydrogens (tertiary/aromatic N) is 5. The van der Waals surface area contributed by atoms with Crippen LogP contribution in [0.1, 0.15) is 12.8 Å². The average molecular weight is 824 g/mol. The Hall–Kier alpha value is -3.53. The number of benzene rings is 3. The molecule has 276 valence electrons. The first kappa shape index (κ1) is 40.2. The summed E-state index contributed by atoms with van der Waals surface area (Å²) in [4.78, 5) is 11.3.